The highest BCUT2D eigenvalue weighted by Gasteiger charge is 2.35. The molecule has 0 saturated carbocycles. The van der Waals surface area contributed by atoms with Gasteiger partial charge in [-0.2, -0.15) is 0 Å². The van der Waals surface area contributed by atoms with Crippen LogP contribution in [0.25, 0.3) is 0 Å². The number of nitrogens with one attached hydrogen (secondary N) is 1. The molecule has 132 valence electrons. The minimum absolute atomic E-state index is 0. The fourth-order valence-electron chi connectivity index (χ4n) is 2.43. The second kappa shape index (κ2) is 9.98. The Morgan fingerprint density at radius 3 is 2.43 bits per heavy atom. The third kappa shape index (κ3) is 5.84. The van der Waals surface area contributed by atoms with Gasteiger partial charge in [-0.05, 0) is 31.9 Å². The van der Waals surface area contributed by atoms with Crippen LogP contribution in [0, 0.1) is 0 Å². The molecule has 2 rings (SSSR count). The monoisotopic (exact) mass is 363 g/mol. The minimum atomic E-state index is -0.775. The highest BCUT2D eigenvalue weighted by atomic mass is 35.5. The quantitative estimate of drug-likeness (QED) is 0.839. The Morgan fingerprint density at radius 2 is 1.87 bits per heavy atom. The molecule has 1 aliphatic heterocycles. The van der Waals surface area contributed by atoms with E-state index in [0.29, 0.717) is 32.6 Å². The second-order valence-corrected chi connectivity index (χ2v) is 5.77. The van der Waals surface area contributed by atoms with Crippen LogP contribution in [0.1, 0.15) is 19.8 Å². The molecular weight excluding hydrogens is 337 g/mol. The van der Waals surface area contributed by atoms with Gasteiger partial charge in [0, 0.05) is 38.5 Å². The fourth-order valence-corrected chi connectivity index (χ4v) is 2.43. The molecule has 1 amide bonds. The van der Waals surface area contributed by atoms with Gasteiger partial charge in [-0.25, -0.2) is 0 Å². The predicted molar refractivity (Wildman–Crippen MR) is 98.8 cm³/mol. The highest BCUT2D eigenvalue weighted by Crippen LogP contribution is 2.18. The number of carbonyl (C=O) groups excluding carboxylic acids is 1. The van der Waals surface area contributed by atoms with Crippen molar-refractivity contribution in [2.45, 2.75) is 31.3 Å². The van der Waals surface area contributed by atoms with Crippen molar-refractivity contribution < 1.29 is 9.53 Å². The van der Waals surface area contributed by atoms with Gasteiger partial charge in [0.2, 0.25) is 5.91 Å². The lowest BCUT2D eigenvalue weighted by Crippen LogP contribution is -2.58. The van der Waals surface area contributed by atoms with E-state index in [1.54, 1.807) is 0 Å². The number of benzene rings is 1. The van der Waals surface area contributed by atoms with Crippen LogP contribution in [0.15, 0.2) is 30.3 Å². The molecule has 1 unspecified atom stereocenters. The van der Waals surface area contributed by atoms with Crippen molar-refractivity contribution in [1.82, 2.24) is 5.32 Å². The molecule has 1 atom stereocenters. The number of halogens is 2. The summed E-state index contributed by atoms with van der Waals surface area (Å²) in [5, 5.41) is 2.98. The Hall–Kier alpha value is -1.01. The van der Waals surface area contributed by atoms with Gasteiger partial charge in [-0.3, -0.25) is 4.79 Å². The summed E-state index contributed by atoms with van der Waals surface area (Å²) in [7, 11) is 2.03. The average molecular weight is 364 g/mol. The summed E-state index contributed by atoms with van der Waals surface area (Å²) in [6, 6.07) is 10.3. The molecular formula is C16H27Cl2N3O2. The Kier molecular flexibility index (Phi) is 9.54. The number of anilines is 1. The predicted octanol–water partition coefficient (Wildman–Crippen LogP) is 1.98. The van der Waals surface area contributed by atoms with Crippen LogP contribution in [0.3, 0.4) is 0 Å². The molecule has 7 heteroatoms. The normalized spacial score (nSPS) is 17.2. The number of nitrogens with two attached hydrogens (primary N) is 1. The van der Waals surface area contributed by atoms with E-state index in [4.69, 9.17) is 10.5 Å². The number of likely N-dealkylation sites (N-methyl/N-ethyl adjacent to an activating group) is 1. The van der Waals surface area contributed by atoms with Crippen LogP contribution in [-0.2, 0) is 9.53 Å². The fraction of sp³-hybridized carbons (Fsp3) is 0.562. The van der Waals surface area contributed by atoms with E-state index in [0.717, 1.165) is 5.69 Å². The average Bonchev–Trinajstić information content (AvgIpc) is 2.53. The Balaban J connectivity index is 0.00000242. The van der Waals surface area contributed by atoms with Gasteiger partial charge in [0.05, 0.1) is 5.54 Å². The SMILES string of the molecule is CC(CNC(=O)C1(N)CCOCC1)N(C)c1ccccc1.Cl.Cl. The van der Waals surface area contributed by atoms with Gasteiger partial charge in [-0.15, -0.1) is 24.8 Å². The summed E-state index contributed by atoms with van der Waals surface area (Å²) in [4.78, 5) is 14.4. The lowest BCUT2D eigenvalue weighted by molar-refractivity contribution is -0.129. The third-order valence-electron chi connectivity index (χ3n) is 4.22. The van der Waals surface area contributed by atoms with Crippen LogP contribution >= 0.6 is 24.8 Å². The molecule has 1 fully saturated rings. The van der Waals surface area contributed by atoms with Crippen LogP contribution in [0.2, 0.25) is 0 Å². The first-order chi connectivity index (χ1) is 10.0. The molecule has 1 heterocycles. The zero-order chi connectivity index (χ0) is 15.3. The molecule has 1 saturated heterocycles. The topological polar surface area (TPSA) is 67.6 Å². The van der Waals surface area contributed by atoms with E-state index in [1.165, 1.54) is 0 Å². The number of ether oxygens (including phenoxy) is 1. The molecule has 0 spiro atoms. The third-order valence-corrected chi connectivity index (χ3v) is 4.22. The maximum Gasteiger partial charge on any atom is 0.240 e. The minimum Gasteiger partial charge on any atom is -0.381 e. The molecule has 5 nitrogen and oxygen atoms in total. The number of carbonyl (C=O) groups is 1. The van der Waals surface area contributed by atoms with Crippen LogP contribution in [0.4, 0.5) is 5.69 Å². The summed E-state index contributed by atoms with van der Waals surface area (Å²) in [5.41, 5.74) is 6.53. The highest BCUT2D eigenvalue weighted by molar-refractivity contribution is 5.86. The van der Waals surface area contributed by atoms with Crippen LogP contribution in [-0.4, -0.2) is 44.3 Å². The number of amides is 1. The second-order valence-electron chi connectivity index (χ2n) is 5.77. The summed E-state index contributed by atoms with van der Waals surface area (Å²) in [6.07, 6.45) is 1.17. The van der Waals surface area contributed by atoms with E-state index in [-0.39, 0.29) is 36.8 Å². The first-order valence-corrected chi connectivity index (χ1v) is 7.46. The molecule has 3 N–H and O–H groups in total. The number of hydrogen-bond donors (Lipinski definition) is 2. The van der Waals surface area contributed by atoms with Crippen molar-refractivity contribution in [2.75, 3.05) is 31.7 Å². The van der Waals surface area contributed by atoms with Gasteiger partial charge in [-0.1, -0.05) is 18.2 Å². The molecule has 0 radical (unpaired) electrons. The number of nitrogens with zero attached hydrogens (tertiary/aromatic N) is 1. The van der Waals surface area contributed by atoms with Crippen molar-refractivity contribution in [3.63, 3.8) is 0 Å². The van der Waals surface area contributed by atoms with E-state index in [9.17, 15) is 4.79 Å². The van der Waals surface area contributed by atoms with Gasteiger partial charge >= 0.3 is 0 Å². The molecule has 1 aromatic carbocycles. The van der Waals surface area contributed by atoms with E-state index < -0.39 is 5.54 Å². The van der Waals surface area contributed by atoms with Crippen molar-refractivity contribution in [1.29, 1.82) is 0 Å². The molecule has 1 aromatic rings. The number of hydrogen-bond acceptors (Lipinski definition) is 4. The van der Waals surface area contributed by atoms with Crippen molar-refractivity contribution >= 4 is 36.4 Å². The lowest BCUT2D eigenvalue weighted by Gasteiger charge is -2.33. The van der Waals surface area contributed by atoms with Gasteiger partial charge in [0.25, 0.3) is 0 Å². The summed E-state index contributed by atoms with van der Waals surface area (Å²) in [5.74, 6) is -0.0703. The first kappa shape index (κ1) is 22.0. The van der Waals surface area contributed by atoms with Gasteiger partial charge in [0.1, 0.15) is 0 Å². The largest absolute Gasteiger partial charge is 0.381 e. The Bertz CT molecular complexity index is 468. The molecule has 0 aromatic heterocycles. The van der Waals surface area contributed by atoms with Gasteiger partial charge < -0.3 is 20.7 Å². The molecule has 0 bridgehead atoms. The molecule has 1 aliphatic rings. The standard InChI is InChI=1S/C16H25N3O2.2ClH/c1-13(19(2)14-6-4-3-5-7-14)12-18-15(20)16(17)8-10-21-11-9-16;;/h3-7,13H,8-12,17H2,1-2H3,(H,18,20);2*1H. The maximum atomic E-state index is 12.3. The van der Waals surface area contributed by atoms with Crippen molar-refractivity contribution in [3.05, 3.63) is 30.3 Å². The van der Waals surface area contributed by atoms with Crippen LogP contribution in [0.5, 0.6) is 0 Å². The zero-order valence-corrected chi connectivity index (χ0v) is 15.3. The Labute approximate surface area is 150 Å². The number of rotatable bonds is 5. The zero-order valence-electron chi connectivity index (χ0n) is 13.7. The number of para-hydroxylation sites is 1. The lowest BCUT2D eigenvalue weighted by atomic mass is 9.90. The van der Waals surface area contributed by atoms with E-state index in [2.05, 4.69) is 29.3 Å². The summed E-state index contributed by atoms with van der Waals surface area (Å²) in [6.45, 7) is 3.78. The smallest absolute Gasteiger partial charge is 0.240 e. The molecule has 0 aliphatic carbocycles. The van der Waals surface area contributed by atoms with Crippen molar-refractivity contribution in [2.24, 2.45) is 5.73 Å². The maximum absolute atomic E-state index is 12.3. The first-order valence-electron chi connectivity index (χ1n) is 7.46. The van der Waals surface area contributed by atoms with Crippen molar-refractivity contribution in [3.8, 4) is 0 Å². The van der Waals surface area contributed by atoms with E-state index >= 15 is 0 Å². The van der Waals surface area contributed by atoms with Gasteiger partial charge in [0.15, 0.2) is 0 Å². The molecule has 23 heavy (non-hydrogen) atoms. The Morgan fingerprint density at radius 1 is 1.30 bits per heavy atom. The van der Waals surface area contributed by atoms with E-state index in [1.807, 2.05) is 25.2 Å². The summed E-state index contributed by atoms with van der Waals surface area (Å²) < 4.78 is 5.27. The summed E-state index contributed by atoms with van der Waals surface area (Å²) >= 11 is 0. The van der Waals surface area contributed by atoms with Crippen LogP contribution < -0.4 is 16.0 Å².